The highest BCUT2D eigenvalue weighted by Gasteiger charge is 2.23. The van der Waals surface area contributed by atoms with Crippen LogP contribution in [0.2, 0.25) is 0 Å². The Hall–Kier alpha value is -2.04. The van der Waals surface area contributed by atoms with Crippen LogP contribution in [0, 0.1) is 11.8 Å². The van der Waals surface area contributed by atoms with Crippen molar-refractivity contribution in [2.45, 2.75) is 32.1 Å². The van der Waals surface area contributed by atoms with E-state index in [4.69, 9.17) is 0 Å². The molecule has 0 spiro atoms. The summed E-state index contributed by atoms with van der Waals surface area (Å²) in [5.74, 6) is 2.39. The first-order valence-corrected chi connectivity index (χ1v) is 9.51. The number of amides is 1. The zero-order chi connectivity index (χ0) is 17.5. The van der Waals surface area contributed by atoms with E-state index >= 15 is 0 Å². The summed E-state index contributed by atoms with van der Waals surface area (Å²) in [5.41, 5.74) is 1.40. The molecule has 25 heavy (non-hydrogen) atoms. The number of hydrogen-bond donors (Lipinski definition) is 2. The summed E-state index contributed by atoms with van der Waals surface area (Å²) in [5, 5.41) is 6.44. The largest absolute Gasteiger partial charge is 0.356 e. The van der Waals surface area contributed by atoms with Gasteiger partial charge >= 0.3 is 0 Å². The number of likely N-dealkylation sites (tertiary alicyclic amines) is 1. The SMILES string of the molecule is CN=C(NCC(=O)N1CCC(Cc2ccccc2)CC1)NCC1CC1. The molecule has 1 amide bonds. The zero-order valence-corrected chi connectivity index (χ0v) is 15.2. The van der Waals surface area contributed by atoms with E-state index in [0.717, 1.165) is 50.8 Å². The van der Waals surface area contributed by atoms with E-state index in [1.54, 1.807) is 7.05 Å². The Labute approximate surface area is 150 Å². The van der Waals surface area contributed by atoms with Gasteiger partial charge in [0.05, 0.1) is 6.54 Å². The Bertz CT molecular complexity index is 575. The maximum atomic E-state index is 12.4. The Morgan fingerprint density at radius 3 is 2.44 bits per heavy atom. The van der Waals surface area contributed by atoms with Gasteiger partial charge in [0.1, 0.15) is 0 Å². The lowest BCUT2D eigenvalue weighted by Crippen LogP contribution is -2.47. The van der Waals surface area contributed by atoms with Gasteiger partial charge in [-0.3, -0.25) is 9.79 Å². The van der Waals surface area contributed by atoms with E-state index < -0.39 is 0 Å². The molecule has 1 heterocycles. The highest BCUT2D eigenvalue weighted by atomic mass is 16.2. The number of benzene rings is 1. The van der Waals surface area contributed by atoms with Gasteiger partial charge in [-0.2, -0.15) is 0 Å². The summed E-state index contributed by atoms with van der Waals surface area (Å²) >= 11 is 0. The zero-order valence-electron chi connectivity index (χ0n) is 15.2. The molecule has 2 aliphatic rings. The Balaban J connectivity index is 1.36. The van der Waals surface area contributed by atoms with Crippen LogP contribution in [0.4, 0.5) is 0 Å². The molecule has 2 N–H and O–H groups in total. The monoisotopic (exact) mass is 342 g/mol. The molecule has 5 heteroatoms. The van der Waals surface area contributed by atoms with Crippen LogP contribution in [-0.2, 0) is 11.2 Å². The van der Waals surface area contributed by atoms with Gasteiger partial charge in [0.2, 0.25) is 5.91 Å². The number of nitrogens with zero attached hydrogens (tertiary/aromatic N) is 2. The summed E-state index contributed by atoms with van der Waals surface area (Å²) in [7, 11) is 1.75. The minimum atomic E-state index is 0.174. The van der Waals surface area contributed by atoms with Crippen LogP contribution in [0.15, 0.2) is 35.3 Å². The average molecular weight is 342 g/mol. The van der Waals surface area contributed by atoms with Crippen LogP contribution in [-0.4, -0.2) is 50.0 Å². The predicted octanol–water partition coefficient (Wildman–Crippen LogP) is 2.04. The van der Waals surface area contributed by atoms with E-state index in [9.17, 15) is 4.79 Å². The summed E-state index contributed by atoms with van der Waals surface area (Å²) in [6.45, 7) is 3.02. The van der Waals surface area contributed by atoms with E-state index in [1.807, 2.05) is 4.90 Å². The molecule has 0 unspecified atom stereocenters. The molecule has 136 valence electrons. The number of carbonyl (C=O) groups is 1. The Morgan fingerprint density at radius 1 is 1.08 bits per heavy atom. The van der Waals surface area contributed by atoms with E-state index in [1.165, 1.54) is 18.4 Å². The molecule has 0 aromatic heterocycles. The first kappa shape index (κ1) is 17.8. The number of guanidine groups is 1. The molecule has 0 radical (unpaired) electrons. The molecule has 1 saturated carbocycles. The first-order valence-electron chi connectivity index (χ1n) is 9.51. The molecular weight excluding hydrogens is 312 g/mol. The third-order valence-corrected chi connectivity index (χ3v) is 5.22. The standard InChI is InChI=1S/C20H30N4O/c1-21-20(22-14-18-7-8-18)23-15-19(25)24-11-9-17(10-12-24)13-16-5-3-2-4-6-16/h2-6,17-18H,7-15H2,1H3,(H2,21,22,23). The maximum absolute atomic E-state index is 12.4. The van der Waals surface area contributed by atoms with Crippen LogP contribution >= 0.6 is 0 Å². The van der Waals surface area contributed by atoms with Crippen molar-refractivity contribution < 1.29 is 4.79 Å². The van der Waals surface area contributed by atoms with E-state index in [-0.39, 0.29) is 5.91 Å². The maximum Gasteiger partial charge on any atom is 0.241 e. The topological polar surface area (TPSA) is 56.7 Å². The molecule has 0 bridgehead atoms. The molecule has 1 aromatic carbocycles. The van der Waals surface area contributed by atoms with Gasteiger partial charge in [0.15, 0.2) is 5.96 Å². The van der Waals surface area contributed by atoms with Gasteiger partial charge in [-0.05, 0) is 49.5 Å². The third-order valence-electron chi connectivity index (χ3n) is 5.22. The van der Waals surface area contributed by atoms with Gasteiger partial charge < -0.3 is 15.5 Å². The quantitative estimate of drug-likeness (QED) is 0.614. The van der Waals surface area contributed by atoms with Gasteiger partial charge in [-0.25, -0.2) is 0 Å². The molecule has 5 nitrogen and oxygen atoms in total. The highest BCUT2D eigenvalue weighted by Crippen LogP contribution is 2.27. The second-order valence-electron chi connectivity index (χ2n) is 7.26. The van der Waals surface area contributed by atoms with Crippen molar-refractivity contribution in [2.75, 3.05) is 33.2 Å². The van der Waals surface area contributed by atoms with E-state index in [2.05, 4.69) is 46.0 Å². The molecular formula is C20H30N4O. The Kier molecular flexibility index (Phi) is 6.31. The number of nitrogens with one attached hydrogen (secondary N) is 2. The third kappa shape index (κ3) is 5.76. The number of rotatable bonds is 6. The lowest BCUT2D eigenvalue weighted by Gasteiger charge is -2.32. The number of piperidine rings is 1. The van der Waals surface area contributed by atoms with Crippen molar-refractivity contribution in [3.05, 3.63) is 35.9 Å². The van der Waals surface area contributed by atoms with Gasteiger partial charge in [0, 0.05) is 26.7 Å². The fraction of sp³-hybridized carbons (Fsp3) is 0.600. The lowest BCUT2D eigenvalue weighted by molar-refractivity contribution is -0.131. The molecule has 1 aromatic rings. The predicted molar refractivity (Wildman–Crippen MR) is 102 cm³/mol. The Morgan fingerprint density at radius 2 is 1.80 bits per heavy atom. The van der Waals surface area contributed by atoms with Gasteiger partial charge in [-0.1, -0.05) is 30.3 Å². The molecule has 1 aliphatic heterocycles. The number of carbonyl (C=O) groups excluding carboxylic acids is 1. The number of hydrogen-bond acceptors (Lipinski definition) is 2. The molecule has 0 atom stereocenters. The van der Waals surface area contributed by atoms with Crippen LogP contribution in [0.3, 0.4) is 0 Å². The van der Waals surface area contributed by atoms with Crippen molar-refractivity contribution in [1.29, 1.82) is 0 Å². The molecule has 1 saturated heterocycles. The van der Waals surface area contributed by atoms with Gasteiger partial charge in [-0.15, -0.1) is 0 Å². The van der Waals surface area contributed by atoms with Crippen molar-refractivity contribution in [3.8, 4) is 0 Å². The molecule has 3 rings (SSSR count). The minimum Gasteiger partial charge on any atom is -0.356 e. The second kappa shape index (κ2) is 8.88. The van der Waals surface area contributed by atoms with Crippen LogP contribution < -0.4 is 10.6 Å². The first-order chi connectivity index (χ1) is 12.2. The summed E-state index contributed by atoms with van der Waals surface area (Å²) in [6, 6.07) is 10.7. The van der Waals surface area contributed by atoms with Crippen molar-refractivity contribution >= 4 is 11.9 Å². The fourth-order valence-electron chi connectivity index (χ4n) is 3.39. The van der Waals surface area contributed by atoms with E-state index in [0.29, 0.717) is 12.5 Å². The minimum absolute atomic E-state index is 0.174. The average Bonchev–Trinajstić information content (AvgIpc) is 3.47. The molecule has 2 fully saturated rings. The normalized spacial score (nSPS) is 18.9. The second-order valence-corrected chi connectivity index (χ2v) is 7.26. The van der Waals surface area contributed by atoms with Crippen molar-refractivity contribution in [1.82, 2.24) is 15.5 Å². The summed E-state index contributed by atoms with van der Waals surface area (Å²) < 4.78 is 0. The van der Waals surface area contributed by atoms with Crippen molar-refractivity contribution in [3.63, 3.8) is 0 Å². The van der Waals surface area contributed by atoms with Crippen LogP contribution in [0.5, 0.6) is 0 Å². The molecule has 1 aliphatic carbocycles. The smallest absolute Gasteiger partial charge is 0.241 e. The number of aliphatic imine (C=N–C) groups is 1. The highest BCUT2D eigenvalue weighted by molar-refractivity contribution is 5.86. The summed E-state index contributed by atoms with van der Waals surface area (Å²) in [4.78, 5) is 18.6. The lowest BCUT2D eigenvalue weighted by atomic mass is 9.90. The van der Waals surface area contributed by atoms with Gasteiger partial charge in [0.25, 0.3) is 0 Å². The summed E-state index contributed by atoms with van der Waals surface area (Å²) in [6.07, 6.45) is 5.92. The van der Waals surface area contributed by atoms with Crippen LogP contribution in [0.1, 0.15) is 31.2 Å². The fourth-order valence-corrected chi connectivity index (χ4v) is 3.39. The van der Waals surface area contributed by atoms with Crippen molar-refractivity contribution in [2.24, 2.45) is 16.8 Å². The van der Waals surface area contributed by atoms with Crippen LogP contribution in [0.25, 0.3) is 0 Å².